The Kier molecular flexibility index (Phi) is 14.8. The Bertz CT molecular complexity index is 141. The Morgan fingerprint density at radius 1 is 1.27 bits per heavy atom. The molecule has 0 spiro atoms. The van der Waals surface area contributed by atoms with Crippen molar-refractivity contribution in [2.45, 2.75) is 12.5 Å². The van der Waals surface area contributed by atoms with Crippen LogP contribution in [-0.2, 0) is 9.53 Å². The summed E-state index contributed by atoms with van der Waals surface area (Å²) in [5, 5.41) is 32.7. The molecule has 0 amide bonds. The normalized spacial score (nSPS) is 11.3. The van der Waals surface area contributed by atoms with Crippen molar-refractivity contribution in [1.29, 1.82) is 0 Å². The van der Waals surface area contributed by atoms with Crippen molar-refractivity contribution in [1.82, 2.24) is 0 Å². The van der Waals surface area contributed by atoms with Gasteiger partial charge in [0.1, 0.15) is 12.7 Å². The summed E-state index contributed by atoms with van der Waals surface area (Å²) in [6.45, 7) is -0.643. The number of carbonyl (C=O) groups excluding carboxylic acids is 1. The van der Waals surface area contributed by atoms with E-state index in [2.05, 4.69) is 4.74 Å². The molecule has 0 rings (SSSR count). The predicted octanol–water partition coefficient (Wildman–Crippen LogP) is -2.80. The van der Waals surface area contributed by atoms with E-state index in [0.717, 1.165) is 0 Å². The molecule has 0 aliphatic heterocycles. The van der Waals surface area contributed by atoms with Crippen molar-refractivity contribution in [3.8, 4) is 0 Å². The molecule has 0 aromatic carbocycles. The van der Waals surface area contributed by atoms with E-state index >= 15 is 0 Å². The number of carbonyl (C=O) groups is 1. The van der Waals surface area contributed by atoms with Crippen molar-refractivity contribution in [3.63, 3.8) is 0 Å². The average Bonchev–Trinajstić information content (AvgIpc) is 2.27. The van der Waals surface area contributed by atoms with Crippen LogP contribution >= 0.6 is 0 Å². The van der Waals surface area contributed by atoms with E-state index in [9.17, 15) is 4.79 Å². The van der Waals surface area contributed by atoms with Crippen LogP contribution in [0.5, 0.6) is 0 Å². The number of aliphatic hydroxyl groups is 4. The molecule has 6 N–H and O–H groups in total. The lowest BCUT2D eigenvalue weighted by Gasteiger charge is -2.06. The van der Waals surface area contributed by atoms with E-state index < -0.39 is 18.7 Å². The summed E-state index contributed by atoms with van der Waals surface area (Å²) < 4.78 is 4.37. The van der Waals surface area contributed by atoms with Gasteiger partial charge in [-0.25, -0.2) is 0 Å². The Hall–Kier alpha value is -0.730. The fraction of sp³-hybridized carbons (Fsp3) is 0.875. The monoisotopic (exact) mass is 225 g/mol. The number of aliphatic hydroxyl groups excluding tert-OH is 4. The number of hydrogen-bond donors (Lipinski definition) is 5. The van der Waals surface area contributed by atoms with Gasteiger partial charge in [-0.2, -0.15) is 0 Å². The Morgan fingerprint density at radius 2 is 1.80 bits per heavy atom. The zero-order valence-corrected chi connectivity index (χ0v) is 8.50. The van der Waals surface area contributed by atoms with E-state index in [1.165, 1.54) is 0 Å². The second-order valence-electron chi connectivity index (χ2n) is 2.52. The molecule has 0 saturated carbocycles. The minimum Gasteiger partial charge on any atom is -0.462 e. The third-order valence-corrected chi connectivity index (χ3v) is 1.13. The zero-order chi connectivity index (χ0) is 12.1. The molecule has 0 fully saturated rings. The van der Waals surface area contributed by atoms with Gasteiger partial charge in [0.25, 0.3) is 0 Å². The molecular formula is C8H19NO6. The fourth-order valence-corrected chi connectivity index (χ4v) is 0.371. The van der Waals surface area contributed by atoms with Gasteiger partial charge in [0.05, 0.1) is 13.2 Å². The molecule has 0 bridgehead atoms. The quantitative estimate of drug-likeness (QED) is 0.308. The highest BCUT2D eigenvalue weighted by Gasteiger charge is 2.04. The number of ether oxygens (including phenoxy) is 1. The summed E-state index contributed by atoms with van der Waals surface area (Å²) >= 11 is 0. The maximum absolute atomic E-state index is 10.3. The lowest BCUT2D eigenvalue weighted by molar-refractivity contribution is -0.145. The number of nitrogens with two attached hydrogens (primary N) is 1. The number of hydrogen-bond acceptors (Lipinski definition) is 7. The van der Waals surface area contributed by atoms with Gasteiger partial charge in [-0.3, -0.25) is 4.79 Å². The van der Waals surface area contributed by atoms with Crippen molar-refractivity contribution < 1.29 is 30.0 Å². The van der Waals surface area contributed by atoms with Crippen LogP contribution in [0.3, 0.4) is 0 Å². The highest BCUT2D eigenvalue weighted by Crippen LogP contribution is 1.83. The highest BCUT2D eigenvalue weighted by atomic mass is 16.5. The van der Waals surface area contributed by atoms with Crippen molar-refractivity contribution in [3.05, 3.63) is 0 Å². The molecular weight excluding hydrogens is 206 g/mol. The Balaban J connectivity index is 0. The third kappa shape index (κ3) is 16.0. The van der Waals surface area contributed by atoms with Gasteiger partial charge in [-0.15, -0.1) is 0 Å². The molecule has 0 saturated heterocycles. The summed E-state index contributed by atoms with van der Waals surface area (Å²) in [5.41, 5.74) is 4.88. The number of rotatable bonds is 6. The molecule has 0 heterocycles. The molecule has 0 radical (unpaired) electrons. The molecule has 0 aromatic heterocycles. The minimum absolute atomic E-state index is 0.0938. The average molecular weight is 225 g/mol. The van der Waals surface area contributed by atoms with Crippen LogP contribution < -0.4 is 5.73 Å². The molecule has 0 aliphatic rings. The summed E-state index contributed by atoms with van der Waals surface area (Å²) in [7, 11) is 0. The lowest BCUT2D eigenvalue weighted by Crippen LogP contribution is -2.25. The smallest absolute Gasteiger partial charge is 0.319 e. The van der Waals surface area contributed by atoms with Gasteiger partial charge in [0.15, 0.2) is 0 Å². The van der Waals surface area contributed by atoms with E-state index in [0.29, 0.717) is 6.42 Å². The van der Waals surface area contributed by atoms with Gasteiger partial charge in [0.2, 0.25) is 0 Å². The van der Waals surface area contributed by atoms with Crippen LogP contribution in [-0.4, -0.2) is 65.5 Å². The SMILES string of the molecule is NCC(=O)OCC(O)CO.OCCCO. The molecule has 7 nitrogen and oxygen atoms in total. The molecule has 1 unspecified atom stereocenters. The zero-order valence-electron chi connectivity index (χ0n) is 8.50. The number of esters is 1. The maximum Gasteiger partial charge on any atom is 0.319 e. The first-order chi connectivity index (χ1) is 7.12. The largest absolute Gasteiger partial charge is 0.462 e. The van der Waals surface area contributed by atoms with Crippen molar-refractivity contribution in [2.75, 3.05) is 33.0 Å². The van der Waals surface area contributed by atoms with Crippen molar-refractivity contribution in [2.24, 2.45) is 5.73 Å². The Labute approximate surface area is 88.1 Å². The predicted molar refractivity (Wildman–Crippen MR) is 51.9 cm³/mol. The molecule has 15 heavy (non-hydrogen) atoms. The summed E-state index contributed by atoms with van der Waals surface area (Å²) in [6.07, 6.45) is -0.504. The van der Waals surface area contributed by atoms with E-state index in [1.807, 2.05) is 0 Å². The van der Waals surface area contributed by atoms with Crippen LogP contribution in [0.15, 0.2) is 0 Å². The first kappa shape index (κ1) is 16.7. The van der Waals surface area contributed by atoms with Crippen molar-refractivity contribution >= 4 is 5.97 Å². The second-order valence-corrected chi connectivity index (χ2v) is 2.52. The van der Waals surface area contributed by atoms with Crippen LogP contribution in [0, 0.1) is 0 Å². The second kappa shape index (κ2) is 13.3. The van der Waals surface area contributed by atoms with Crippen LogP contribution in [0.4, 0.5) is 0 Å². The van der Waals surface area contributed by atoms with Gasteiger partial charge in [0, 0.05) is 13.2 Å². The first-order valence-electron chi connectivity index (χ1n) is 4.48. The Morgan fingerprint density at radius 3 is 2.07 bits per heavy atom. The molecule has 7 heteroatoms. The topological polar surface area (TPSA) is 133 Å². The fourth-order valence-electron chi connectivity index (χ4n) is 0.371. The third-order valence-electron chi connectivity index (χ3n) is 1.13. The van der Waals surface area contributed by atoms with Gasteiger partial charge >= 0.3 is 5.97 Å². The van der Waals surface area contributed by atoms with Crippen LogP contribution in [0.1, 0.15) is 6.42 Å². The minimum atomic E-state index is -1.00. The lowest BCUT2D eigenvalue weighted by atomic mass is 10.4. The molecule has 0 aromatic rings. The summed E-state index contributed by atoms with van der Waals surface area (Å²) in [4.78, 5) is 10.3. The maximum atomic E-state index is 10.3. The van der Waals surface area contributed by atoms with Crippen LogP contribution in [0.25, 0.3) is 0 Å². The molecule has 1 atom stereocenters. The van der Waals surface area contributed by atoms with Gasteiger partial charge < -0.3 is 30.9 Å². The van der Waals surface area contributed by atoms with E-state index in [-0.39, 0.29) is 26.4 Å². The summed E-state index contributed by atoms with van der Waals surface area (Å²) in [6, 6.07) is 0. The first-order valence-corrected chi connectivity index (χ1v) is 4.48. The van der Waals surface area contributed by atoms with Gasteiger partial charge in [-0.1, -0.05) is 0 Å². The summed E-state index contributed by atoms with van der Waals surface area (Å²) in [5.74, 6) is -0.590. The molecule has 92 valence electrons. The molecule has 0 aliphatic carbocycles. The van der Waals surface area contributed by atoms with Gasteiger partial charge in [-0.05, 0) is 6.42 Å². The van der Waals surface area contributed by atoms with E-state index in [4.69, 9.17) is 26.2 Å². The standard InChI is InChI=1S/C5H11NO4.C3H8O2/c6-1-5(9)10-3-4(8)2-7;4-2-1-3-5/h4,7-8H,1-3,6H2;4-5H,1-3H2. The van der Waals surface area contributed by atoms with E-state index in [1.54, 1.807) is 0 Å². The van der Waals surface area contributed by atoms with Crippen LogP contribution in [0.2, 0.25) is 0 Å². The highest BCUT2D eigenvalue weighted by molar-refractivity contribution is 5.71.